The summed E-state index contributed by atoms with van der Waals surface area (Å²) in [7, 11) is 3.73. The lowest BCUT2D eigenvalue weighted by Crippen LogP contribution is -2.26. The van der Waals surface area contributed by atoms with Gasteiger partial charge in [0.25, 0.3) is 5.91 Å². The molecule has 0 radical (unpaired) electrons. The van der Waals surface area contributed by atoms with E-state index in [9.17, 15) is 14.0 Å². The number of carbonyl (C=O) groups is 2. The van der Waals surface area contributed by atoms with Crippen LogP contribution in [-0.2, 0) is 11.3 Å². The Bertz CT molecular complexity index is 850. The molecule has 0 saturated heterocycles. The van der Waals surface area contributed by atoms with Crippen molar-refractivity contribution < 1.29 is 14.0 Å². The Hall–Kier alpha value is -2.89. The number of amides is 2. The molecule has 0 bridgehead atoms. The van der Waals surface area contributed by atoms with Crippen LogP contribution < -0.4 is 15.5 Å². The Morgan fingerprint density at radius 2 is 1.77 bits per heavy atom. The van der Waals surface area contributed by atoms with Crippen LogP contribution in [0.1, 0.15) is 55.5 Å². The van der Waals surface area contributed by atoms with Gasteiger partial charge in [-0.3, -0.25) is 9.59 Å². The van der Waals surface area contributed by atoms with E-state index in [1.165, 1.54) is 12.1 Å². The predicted octanol–water partition coefficient (Wildman–Crippen LogP) is 4.98. The zero-order chi connectivity index (χ0) is 22.1. The minimum Gasteiger partial charge on any atom is -0.377 e. The van der Waals surface area contributed by atoms with Gasteiger partial charge in [0.15, 0.2) is 0 Å². The van der Waals surface area contributed by atoms with Crippen molar-refractivity contribution in [3.05, 3.63) is 59.4 Å². The fraction of sp³-hybridized carbons (Fsp3) is 0.417. The fourth-order valence-electron chi connectivity index (χ4n) is 3.28. The second-order valence-corrected chi connectivity index (χ2v) is 7.67. The van der Waals surface area contributed by atoms with Crippen LogP contribution in [0.3, 0.4) is 0 Å². The molecule has 0 spiro atoms. The number of nitrogens with zero attached hydrogens (tertiary/aromatic N) is 1. The first-order valence-corrected chi connectivity index (χ1v) is 10.5. The summed E-state index contributed by atoms with van der Waals surface area (Å²) in [6, 6.07) is 11.4. The molecule has 2 N–H and O–H groups in total. The first-order chi connectivity index (χ1) is 14.3. The maximum absolute atomic E-state index is 13.1. The van der Waals surface area contributed by atoms with Crippen LogP contribution in [0.2, 0.25) is 0 Å². The van der Waals surface area contributed by atoms with Gasteiger partial charge in [-0.05, 0) is 48.7 Å². The third-order valence-corrected chi connectivity index (χ3v) is 5.13. The Balaban J connectivity index is 2.15. The minimum absolute atomic E-state index is 0.0128. The summed E-state index contributed by atoms with van der Waals surface area (Å²) in [6.45, 7) is 4.42. The average Bonchev–Trinajstić information content (AvgIpc) is 2.73. The molecule has 162 valence electrons. The van der Waals surface area contributed by atoms with E-state index in [0.717, 1.165) is 36.9 Å². The van der Waals surface area contributed by atoms with E-state index in [2.05, 4.69) is 17.6 Å². The normalized spacial score (nSPS) is 11.6. The molecular formula is C24H32FN3O2. The molecule has 2 rings (SSSR count). The van der Waals surface area contributed by atoms with Gasteiger partial charge in [-0.1, -0.05) is 38.8 Å². The van der Waals surface area contributed by atoms with Crippen LogP contribution in [0.15, 0.2) is 42.5 Å². The number of anilines is 2. The maximum Gasteiger partial charge on any atom is 0.253 e. The second kappa shape index (κ2) is 11.3. The quantitative estimate of drug-likeness (QED) is 0.578. The highest BCUT2D eigenvalue weighted by Crippen LogP contribution is 2.24. The third kappa shape index (κ3) is 6.58. The topological polar surface area (TPSA) is 61.4 Å². The van der Waals surface area contributed by atoms with Gasteiger partial charge in [-0.15, -0.1) is 0 Å². The van der Waals surface area contributed by atoms with E-state index < -0.39 is 0 Å². The molecule has 2 aromatic carbocycles. The largest absolute Gasteiger partial charge is 0.377 e. The molecule has 6 heteroatoms. The molecule has 2 amide bonds. The lowest BCUT2D eigenvalue weighted by atomic mass is 9.98. The van der Waals surface area contributed by atoms with Crippen LogP contribution in [0, 0.1) is 11.7 Å². The van der Waals surface area contributed by atoms with Gasteiger partial charge in [-0.25, -0.2) is 4.39 Å². The molecule has 0 aromatic heterocycles. The van der Waals surface area contributed by atoms with Crippen molar-refractivity contribution in [1.29, 1.82) is 0 Å². The molecule has 0 aliphatic heterocycles. The number of unbranched alkanes of at least 4 members (excludes halogenated alkanes) is 1. The van der Waals surface area contributed by atoms with E-state index in [1.807, 2.05) is 38.1 Å². The van der Waals surface area contributed by atoms with E-state index in [0.29, 0.717) is 11.3 Å². The monoisotopic (exact) mass is 413 g/mol. The Morgan fingerprint density at radius 1 is 1.07 bits per heavy atom. The fourth-order valence-corrected chi connectivity index (χ4v) is 3.28. The molecule has 0 fully saturated rings. The number of hydrogen-bond donors (Lipinski definition) is 2. The summed E-state index contributed by atoms with van der Waals surface area (Å²) in [5.74, 6) is -0.611. The Morgan fingerprint density at radius 3 is 2.37 bits per heavy atom. The smallest absolute Gasteiger partial charge is 0.253 e. The summed E-state index contributed by atoms with van der Waals surface area (Å²) in [5.41, 5.74) is 2.64. The summed E-state index contributed by atoms with van der Waals surface area (Å²) in [5, 5.41) is 5.84. The van der Waals surface area contributed by atoms with E-state index in [4.69, 9.17) is 0 Å². The van der Waals surface area contributed by atoms with Crippen LogP contribution in [0.5, 0.6) is 0 Å². The van der Waals surface area contributed by atoms with Crippen molar-refractivity contribution in [2.75, 3.05) is 24.3 Å². The molecular weight excluding hydrogens is 381 g/mol. The first kappa shape index (κ1) is 23.4. The highest BCUT2D eigenvalue weighted by atomic mass is 19.1. The van der Waals surface area contributed by atoms with Gasteiger partial charge in [0.2, 0.25) is 5.91 Å². The molecule has 0 saturated carbocycles. The van der Waals surface area contributed by atoms with Gasteiger partial charge in [0.05, 0.1) is 5.56 Å². The van der Waals surface area contributed by atoms with Crippen molar-refractivity contribution >= 4 is 23.2 Å². The predicted molar refractivity (Wildman–Crippen MR) is 120 cm³/mol. The van der Waals surface area contributed by atoms with Gasteiger partial charge < -0.3 is 15.5 Å². The summed E-state index contributed by atoms with van der Waals surface area (Å²) >= 11 is 0. The van der Waals surface area contributed by atoms with Crippen molar-refractivity contribution in [2.24, 2.45) is 5.92 Å². The second-order valence-electron chi connectivity index (χ2n) is 7.67. The van der Waals surface area contributed by atoms with Crippen molar-refractivity contribution in [3.8, 4) is 0 Å². The molecule has 30 heavy (non-hydrogen) atoms. The zero-order valence-electron chi connectivity index (χ0n) is 18.3. The van der Waals surface area contributed by atoms with E-state index >= 15 is 0 Å². The van der Waals surface area contributed by atoms with Crippen LogP contribution in [-0.4, -0.2) is 25.9 Å². The van der Waals surface area contributed by atoms with Crippen molar-refractivity contribution in [1.82, 2.24) is 5.32 Å². The number of nitrogens with one attached hydrogen (secondary N) is 2. The van der Waals surface area contributed by atoms with Crippen molar-refractivity contribution in [2.45, 2.75) is 46.1 Å². The number of halogens is 1. The van der Waals surface area contributed by atoms with Gasteiger partial charge in [0.1, 0.15) is 5.82 Å². The first-order valence-electron chi connectivity index (χ1n) is 10.5. The average molecular weight is 414 g/mol. The van der Waals surface area contributed by atoms with Gasteiger partial charge in [-0.2, -0.15) is 0 Å². The molecule has 0 heterocycles. The SMILES string of the molecule is CCCCC(CC)C(=O)Nc1ccc(N(C)C)c(C(=O)NCc2ccc(F)cc2)c1. The molecule has 1 unspecified atom stereocenters. The summed E-state index contributed by atoms with van der Waals surface area (Å²) in [6.07, 6.45) is 3.72. The number of rotatable bonds is 10. The van der Waals surface area contributed by atoms with Crippen LogP contribution in [0.4, 0.5) is 15.8 Å². The van der Waals surface area contributed by atoms with Gasteiger partial charge in [0, 0.05) is 37.9 Å². The standard InChI is InChI=1S/C24H32FN3O2/c1-5-7-8-18(6-2)23(29)27-20-13-14-22(28(3)4)21(15-20)24(30)26-16-17-9-11-19(25)12-10-17/h9-15,18H,5-8,16H2,1-4H3,(H,26,30)(H,27,29). The highest BCUT2D eigenvalue weighted by Gasteiger charge is 2.18. The summed E-state index contributed by atoms with van der Waals surface area (Å²) in [4.78, 5) is 27.3. The minimum atomic E-state index is -0.312. The molecule has 0 aliphatic carbocycles. The molecule has 0 aliphatic rings. The van der Waals surface area contributed by atoms with Crippen LogP contribution in [0.25, 0.3) is 0 Å². The van der Waals surface area contributed by atoms with Gasteiger partial charge >= 0.3 is 0 Å². The third-order valence-electron chi connectivity index (χ3n) is 5.13. The Kier molecular flexibility index (Phi) is 8.84. The number of carbonyl (C=O) groups excluding carboxylic acids is 2. The van der Waals surface area contributed by atoms with E-state index in [1.54, 1.807) is 18.2 Å². The lowest BCUT2D eigenvalue weighted by Gasteiger charge is -2.20. The van der Waals surface area contributed by atoms with Crippen LogP contribution >= 0.6 is 0 Å². The number of benzene rings is 2. The van der Waals surface area contributed by atoms with Crippen molar-refractivity contribution in [3.63, 3.8) is 0 Å². The zero-order valence-corrected chi connectivity index (χ0v) is 18.3. The maximum atomic E-state index is 13.1. The molecule has 5 nitrogen and oxygen atoms in total. The van der Waals surface area contributed by atoms with E-state index in [-0.39, 0.29) is 30.1 Å². The summed E-state index contributed by atoms with van der Waals surface area (Å²) < 4.78 is 13.1. The molecule has 1 atom stereocenters. The molecule has 2 aromatic rings. The highest BCUT2D eigenvalue weighted by molar-refractivity contribution is 6.02. The lowest BCUT2D eigenvalue weighted by molar-refractivity contribution is -0.120. The Labute approximate surface area is 178 Å². The number of hydrogen-bond acceptors (Lipinski definition) is 3.